The minimum absolute atomic E-state index is 0.134. The van der Waals surface area contributed by atoms with Gasteiger partial charge in [-0.25, -0.2) is 0 Å². The Hall–Kier alpha value is -3.09. The van der Waals surface area contributed by atoms with Crippen LogP contribution in [0.2, 0.25) is 5.02 Å². The smallest absolute Gasteiger partial charge is 0.234 e. The number of nitrogens with one attached hydrogen (secondary N) is 1. The largest absolute Gasteiger partial charge is 0.325 e. The van der Waals surface area contributed by atoms with Gasteiger partial charge in [0.15, 0.2) is 11.0 Å². The van der Waals surface area contributed by atoms with Crippen LogP contribution in [0.1, 0.15) is 11.1 Å². The van der Waals surface area contributed by atoms with Crippen molar-refractivity contribution in [1.82, 2.24) is 14.8 Å². The number of aromatic nitrogens is 3. The third-order valence-corrected chi connectivity index (χ3v) is 6.05. The summed E-state index contributed by atoms with van der Waals surface area (Å²) in [6.07, 6.45) is 0. The van der Waals surface area contributed by atoms with Crippen LogP contribution in [0.3, 0.4) is 0 Å². The van der Waals surface area contributed by atoms with E-state index in [1.54, 1.807) is 6.07 Å². The molecule has 0 spiro atoms. The lowest BCUT2D eigenvalue weighted by Gasteiger charge is -2.11. The van der Waals surface area contributed by atoms with Gasteiger partial charge in [-0.1, -0.05) is 71.9 Å². The number of thioether (sulfide) groups is 1. The van der Waals surface area contributed by atoms with Gasteiger partial charge in [0.25, 0.3) is 0 Å². The van der Waals surface area contributed by atoms with E-state index in [9.17, 15) is 4.79 Å². The first-order chi connectivity index (χ1) is 15.0. The number of benzene rings is 3. The molecular formula is C24H21ClN4OS. The topological polar surface area (TPSA) is 59.8 Å². The van der Waals surface area contributed by atoms with Crippen molar-refractivity contribution in [1.29, 1.82) is 0 Å². The number of halogens is 1. The lowest BCUT2D eigenvalue weighted by atomic mass is 10.2. The Morgan fingerprint density at radius 1 is 1.00 bits per heavy atom. The van der Waals surface area contributed by atoms with Crippen LogP contribution in [0, 0.1) is 13.8 Å². The second-order valence-corrected chi connectivity index (χ2v) is 8.50. The van der Waals surface area contributed by atoms with Crippen LogP contribution in [0.25, 0.3) is 17.1 Å². The third kappa shape index (κ3) is 4.98. The Bertz CT molecular complexity index is 1220. The van der Waals surface area contributed by atoms with Gasteiger partial charge in [-0.2, -0.15) is 0 Å². The summed E-state index contributed by atoms with van der Waals surface area (Å²) >= 11 is 7.50. The van der Waals surface area contributed by atoms with Gasteiger partial charge >= 0.3 is 0 Å². The monoisotopic (exact) mass is 448 g/mol. The molecule has 1 amide bonds. The molecule has 0 saturated carbocycles. The molecule has 156 valence electrons. The molecule has 0 saturated heterocycles. The summed E-state index contributed by atoms with van der Waals surface area (Å²) in [5.41, 5.74) is 4.69. The van der Waals surface area contributed by atoms with E-state index >= 15 is 0 Å². The van der Waals surface area contributed by atoms with Crippen LogP contribution in [0.15, 0.2) is 78.0 Å². The van der Waals surface area contributed by atoms with Crippen LogP contribution in [0.5, 0.6) is 0 Å². The first-order valence-electron chi connectivity index (χ1n) is 9.78. The Morgan fingerprint density at radius 3 is 2.55 bits per heavy atom. The minimum Gasteiger partial charge on any atom is -0.325 e. The number of anilines is 1. The van der Waals surface area contributed by atoms with E-state index in [0.29, 0.717) is 15.9 Å². The maximum Gasteiger partial charge on any atom is 0.234 e. The molecule has 31 heavy (non-hydrogen) atoms. The van der Waals surface area contributed by atoms with E-state index in [4.69, 9.17) is 11.6 Å². The molecular weight excluding hydrogens is 428 g/mol. The summed E-state index contributed by atoms with van der Waals surface area (Å²) in [5.74, 6) is 0.800. The van der Waals surface area contributed by atoms with Crippen LogP contribution in [0.4, 0.5) is 5.69 Å². The van der Waals surface area contributed by atoms with Crippen molar-refractivity contribution in [2.45, 2.75) is 19.0 Å². The maximum atomic E-state index is 12.5. The number of hydrogen-bond acceptors (Lipinski definition) is 4. The van der Waals surface area contributed by atoms with Crippen molar-refractivity contribution in [3.8, 4) is 17.1 Å². The molecule has 0 unspecified atom stereocenters. The molecule has 0 aliphatic rings. The van der Waals surface area contributed by atoms with Gasteiger partial charge in [0.05, 0.1) is 5.75 Å². The van der Waals surface area contributed by atoms with Gasteiger partial charge in [0, 0.05) is 22.0 Å². The predicted molar refractivity (Wildman–Crippen MR) is 127 cm³/mol. The first-order valence-corrected chi connectivity index (χ1v) is 11.1. The standard InChI is InChI=1S/C24H21ClN4OS/c1-16-7-6-10-20(13-16)29-23(18-8-4-3-5-9-18)27-28-24(29)31-15-22(30)26-19-12-11-17(2)21(25)14-19/h3-14H,15H2,1-2H3,(H,26,30). The Morgan fingerprint density at radius 2 is 1.81 bits per heavy atom. The van der Waals surface area contributed by atoms with Crippen molar-refractivity contribution in [2.24, 2.45) is 0 Å². The molecule has 3 aromatic carbocycles. The fraction of sp³-hybridized carbons (Fsp3) is 0.125. The van der Waals surface area contributed by atoms with Crippen molar-refractivity contribution in [3.05, 3.63) is 88.9 Å². The van der Waals surface area contributed by atoms with Crippen molar-refractivity contribution in [2.75, 3.05) is 11.1 Å². The van der Waals surface area contributed by atoms with E-state index < -0.39 is 0 Å². The normalized spacial score (nSPS) is 10.8. The van der Waals surface area contributed by atoms with Crippen LogP contribution < -0.4 is 5.32 Å². The molecule has 1 aromatic heterocycles. The molecule has 0 bridgehead atoms. The van der Waals surface area contributed by atoms with Crippen molar-refractivity contribution < 1.29 is 4.79 Å². The number of hydrogen-bond donors (Lipinski definition) is 1. The quantitative estimate of drug-likeness (QED) is 0.371. The van der Waals surface area contributed by atoms with E-state index in [1.807, 2.05) is 79.1 Å². The molecule has 0 aliphatic carbocycles. The summed E-state index contributed by atoms with van der Waals surface area (Å²) in [6, 6.07) is 23.5. The van der Waals surface area contributed by atoms with Gasteiger partial charge in [-0.3, -0.25) is 9.36 Å². The number of aryl methyl sites for hydroxylation is 2. The molecule has 7 heteroatoms. The molecule has 0 atom stereocenters. The molecule has 1 heterocycles. The molecule has 4 aromatic rings. The number of nitrogens with zero attached hydrogens (tertiary/aromatic N) is 3. The minimum atomic E-state index is -0.134. The van der Waals surface area contributed by atoms with E-state index in [0.717, 1.165) is 28.2 Å². The predicted octanol–water partition coefficient (Wildman–Crippen LogP) is 5.94. The molecule has 1 N–H and O–H groups in total. The molecule has 4 rings (SSSR count). The number of amides is 1. The van der Waals surface area contributed by atoms with Crippen LogP contribution in [-0.2, 0) is 4.79 Å². The van der Waals surface area contributed by atoms with Gasteiger partial charge in [-0.15, -0.1) is 10.2 Å². The van der Waals surface area contributed by atoms with Gasteiger partial charge < -0.3 is 5.32 Å². The lowest BCUT2D eigenvalue weighted by Crippen LogP contribution is -2.14. The number of rotatable bonds is 6. The van der Waals surface area contributed by atoms with Gasteiger partial charge in [0.2, 0.25) is 5.91 Å². The zero-order valence-corrected chi connectivity index (χ0v) is 18.7. The molecule has 0 radical (unpaired) electrons. The Labute approximate surface area is 190 Å². The van der Waals surface area contributed by atoms with E-state index in [1.165, 1.54) is 11.8 Å². The molecule has 5 nitrogen and oxygen atoms in total. The second kappa shape index (κ2) is 9.37. The highest BCUT2D eigenvalue weighted by Gasteiger charge is 2.17. The fourth-order valence-electron chi connectivity index (χ4n) is 3.14. The first kappa shape index (κ1) is 21.2. The average molecular weight is 449 g/mol. The van der Waals surface area contributed by atoms with Crippen LogP contribution >= 0.6 is 23.4 Å². The lowest BCUT2D eigenvalue weighted by molar-refractivity contribution is -0.113. The zero-order chi connectivity index (χ0) is 21.8. The number of carbonyl (C=O) groups excluding carboxylic acids is 1. The summed E-state index contributed by atoms with van der Waals surface area (Å²) in [6.45, 7) is 3.97. The van der Waals surface area contributed by atoms with Gasteiger partial charge in [-0.05, 0) is 49.2 Å². The highest BCUT2D eigenvalue weighted by atomic mass is 35.5. The van der Waals surface area contributed by atoms with Gasteiger partial charge in [0.1, 0.15) is 0 Å². The average Bonchev–Trinajstić information content (AvgIpc) is 3.19. The van der Waals surface area contributed by atoms with Crippen molar-refractivity contribution >= 4 is 35.0 Å². The van der Waals surface area contributed by atoms with E-state index in [-0.39, 0.29) is 11.7 Å². The molecule has 0 fully saturated rings. The Kier molecular flexibility index (Phi) is 6.39. The number of carbonyl (C=O) groups is 1. The van der Waals surface area contributed by atoms with Crippen molar-refractivity contribution in [3.63, 3.8) is 0 Å². The summed E-state index contributed by atoms with van der Waals surface area (Å²) in [4.78, 5) is 12.5. The highest BCUT2D eigenvalue weighted by molar-refractivity contribution is 7.99. The summed E-state index contributed by atoms with van der Waals surface area (Å²) in [7, 11) is 0. The third-order valence-electron chi connectivity index (χ3n) is 4.71. The summed E-state index contributed by atoms with van der Waals surface area (Å²) < 4.78 is 1.99. The fourth-order valence-corrected chi connectivity index (χ4v) is 4.07. The highest BCUT2D eigenvalue weighted by Crippen LogP contribution is 2.28. The summed E-state index contributed by atoms with van der Waals surface area (Å²) in [5, 5.41) is 13.0. The molecule has 0 aliphatic heterocycles. The Balaban J connectivity index is 1.58. The maximum absolute atomic E-state index is 12.5. The second-order valence-electron chi connectivity index (χ2n) is 7.15. The SMILES string of the molecule is Cc1cccc(-n2c(SCC(=O)Nc3ccc(C)c(Cl)c3)nnc2-c2ccccc2)c1. The zero-order valence-electron chi connectivity index (χ0n) is 17.2. The van der Waals surface area contributed by atoms with E-state index in [2.05, 4.69) is 21.6 Å². The van der Waals surface area contributed by atoms with Crippen LogP contribution in [-0.4, -0.2) is 26.4 Å².